The van der Waals surface area contributed by atoms with Crippen molar-refractivity contribution >= 4 is 0 Å². The predicted octanol–water partition coefficient (Wildman–Crippen LogP) is 3.27. The van der Waals surface area contributed by atoms with Crippen LogP contribution in [0.1, 0.15) is 42.9 Å². The van der Waals surface area contributed by atoms with Crippen LogP contribution in [0.25, 0.3) is 0 Å². The van der Waals surface area contributed by atoms with E-state index in [0.717, 1.165) is 31.7 Å². The molecule has 1 aliphatic carbocycles. The van der Waals surface area contributed by atoms with Crippen molar-refractivity contribution in [2.24, 2.45) is 5.92 Å². The van der Waals surface area contributed by atoms with Gasteiger partial charge >= 0.3 is 0 Å². The average molecular weight is 276 g/mol. The Balaban J connectivity index is 1.92. The summed E-state index contributed by atoms with van der Waals surface area (Å²) in [4.78, 5) is 2.50. The largest absolute Gasteiger partial charge is 0.314 e. The maximum Gasteiger partial charge on any atom is 0.128 e. The highest BCUT2D eigenvalue weighted by Crippen LogP contribution is 2.40. The molecule has 1 heterocycles. The summed E-state index contributed by atoms with van der Waals surface area (Å²) in [6.07, 6.45) is 5.12. The molecule has 110 valence electrons. The van der Waals surface area contributed by atoms with Gasteiger partial charge in [0.25, 0.3) is 0 Å². The zero-order chi connectivity index (χ0) is 13.9. The van der Waals surface area contributed by atoms with E-state index in [2.05, 4.69) is 23.2 Å². The molecule has 0 amide bonds. The summed E-state index contributed by atoms with van der Waals surface area (Å²) < 4.78 is 14.4. The Morgan fingerprint density at radius 2 is 1.90 bits per heavy atom. The predicted molar refractivity (Wildman–Crippen MR) is 80.3 cm³/mol. The number of benzene rings is 1. The highest BCUT2D eigenvalue weighted by atomic mass is 19.1. The van der Waals surface area contributed by atoms with E-state index < -0.39 is 0 Å². The molecule has 0 bridgehead atoms. The summed E-state index contributed by atoms with van der Waals surface area (Å²) >= 11 is 0. The molecule has 1 saturated heterocycles. The fourth-order valence-electron chi connectivity index (χ4n) is 3.87. The molecule has 1 atom stereocenters. The molecule has 1 N–H and O–H groups in total. The lowest BCUT2D eigenvalue weighted by molar-refractivity contribution is 0.122. The van der Waals surface area contributed by atoms with Gasteiger partial charge in [-0.3, -0.25) is 4.90 Å². The number of nitrogens with zero attached hydrogens (tertiary/aromatic N) is 1. The van der Waals surface area contributed by atoms with Crippen LogP contribution in [0.4, 0.5) is 4.39 Å². The molecular weight excluding hydrogens is 251 g/mol. The maximum atomic E-state index is 14.4. The Morgan fingerprint density at radius 1 is 1.20 bits per heavy atom. The fourth-order valence-corrected chi connectivity index (χ4v) is 3.87. The summed E-state index contributed by atoms with van der Waals surface area (Å²) in [6, 6.07) is 5.87. The molecule has 3 heteroatoms. The van der Waals surface area contributed by atoms with Crippen molar-refractivity contribution in [1.82, 2.24) is 10.2 Å². The molecular formula is C17H25FN2. The van der Waals surface area contributed by atoms with Crippen molar-refractivity contribution in [3.05, 3.63) is 35.1 Å². The molecule has 1 aromatic rings. The summed E-state index contributed by atoms with van der Waals surface area (Å²) in [5.41, 5.74) is 2.10. The summed E-state index contributed by atoms with van der Waals surface area (Å²) in [6.45, 7) is 6.18. The molecule has 0 radical (unpaired) electrons. The van der Waals surface area contributed by atoms with Crippen LogP contribution in [0.3, 0.4) is 0 Å². The second-order valence-electron chi connectivity index (χ2n) is 6.30. The van der Waals surface area contributed by atoms with Gasteiger partial charge in [-0.2, -0.15) is 0 Å². The minimum absolute atomic E-state index is 0.0222. The summed E-state index contributed by atoms with van der Waals surface area (Å²) in [7, 11) is 0. The zero-order valence-electron chi connectivity index (χ0n) is 12.4. The smallest absolute Gasteiger partial charge is 0.128 e. The Bertz CT molecular complexity index is 448. The quantitative estimate of drug-likeness (QED) is 0.911. The van der Waals surface area contributed by atoms with Crippen molar-refractivity contribution in [3.63, 3.8) is 0 Å². The topological polar surface area (TPSA) is 15.3 Å². The SMILES string of the molecule is Cc1ccc(F)c([C@H](C2CCCC2)N2CCNCC2)c1. The molecule has 0 aromatic heterocycles. The Hall–Kier alpha value is -0.930. The molecule has 1 aromatic carbocycles. The van der Waals surface area contributed by atoms with Gasteiger partial charge in [-0.25, -0.2) is 4.39 Å². The van der Waals surface area contributed by atoms with E-state index in [9.17, 15) is 4.39 Å². The maximum absolute atomic E-state index is 14.4. The standard InChI is InChI=1S/C17H25FN2/c1-13-6-7-16(18)15(12-13)17(14-4-2-3-5-14)20-10-8-19-9-11-20/h6-7,12,14,17,19H,2-5,8-11H2,1H3/t17-/m0/s1. The molecule has 1 aliphatic heterocycles. The first-order valence-corrected chi connectivity index (χ1v) is 7.96. The summed E-state index contributed by atoms with van der Waals surface area (Å²) in [5, 5.41) is 3.40. The van der Waals surface area contributed by atoms with Crippen LogP contribution in [-0.4, -0.2) is 31.1 Å². The van der Waals surface area contributed by atoms with Gasteiger partial charge in [0.15, 0.2) is 0 Å². The van der Waals surface area contributed by atoms with Crippen LogP contribution < -0.4 is 5.32 Å². The average Bonchev–Trinajstić information content (AvgIpc) is 2.98. The Labute approximate surface area is 121 Å². The van der Waals surface area contributed by atoms with Gasteiger partial charge < -0.3 is 5.32 Å². The first-order chi connectivity index (χ1) is 9.75. The third-order valence-corrected chi connectivity index (χ3v) is 4.86. The second-order valence-corrected chi connectivity index (χ2v) is 6.30. The molecule has 2 aliphatic rings. The molecule has 0 unspecified atom stereocenters. The van der Waals surface area contributed by atoms with Crippen molar-refractivity contribution < 1.29 is 4.39 Å². The van der Waals surface area contributed by atoms with Gasteiger partial charge in [0.05, 0.1) is 0 Å². The van der Waals surface area contributed by atoms with Gasteiger partial charge in [-0.05, 0) is 31.7 Å². The van der Waals surface area contributed by atoms with Gasteiger partial charge in [0, 0.05) is 37.8 Å². The van der Waals surface area contributed by atoms with Crippen molar-refractivity contribution in [3.8, 4) is 0 Å². The van der Waals surface area contributed by atoms with Crippen LogP contribution in [0.2, 0.25) is 0 Å². The first kappa shape index (κ1) is 14.0. The molecule has 1 saturated carbocycles. The lowest BCUT2D eigenvalue weighted by atomic mass is 9.88. The fraction of sp³-hybridized carbons (Fsp3) is 0.647. The minimum atomic E-state index is -0.0222. The van der Waals surface area contributed by atoms with E-state index >= 15 is 0 Å². The van der Waals surface area contributed by atoms with Gasteiger partial charge in [-0.15, -0.1) is 0 Å². The van der Waals surface area contributed by atoms with E-state index in [4.69, 9.17) is 0 Å². The third-order valence-electron chi connectivity index (χ3n) is 4.86. The second kappa shape index (κ2) is 6.23. The number of piperazine rings is 1. The number of rotatable bonds is 3. The van der Waals surface area contributed by atoms with E-state index in [0.29, 0.717) is 5.92 Å². The highest BCUT2D eigenvalue weighted by Gasteiger charge is 2.33. The molecule has 2 fully saturated rings. The molecule has 20 heavy (non-hydrogen) atoms. The Kier molecular flexibility index (Phi) is 4.37. The molecule has 3 rings (SSSR count). The number of halogens is 1. The Morgan fingerprint density at radius 3 is 2.60 bits per heavy atom. The van der Waals surface area contributed by atoms with Crippen LogP contribution >= 0.6 is 0 Å². The van der Waals surface area contributed by atoms with Crippen molar-refractivity contribution in [2.75, 3.05) is 26.2 Å². The molecule has 2 nitrogen and oxygen atoms in total. The van der Waals surface area contributed by atoms with Gasteiger partial charge in [-0.1, -0.05) is 30.5 Å². The van der Waals surface area contributed by atoms with Gasteiger partial charge in [0.2, 0.25) is 0 Å². The van der Waals surface area contributed by atoms with E-state index in [-0.39, 0.29) is 11.9 Å². The number of hydrogen-bond acceptors (Lipinski definition) is 2. The number of aryl methyl sites for hydroxylation is 1. The summed E-state index contributed by atoms with van der Waals surface area (Å²) in [5.74, 6) is 0.607. The first-order valence-electron chi connectivity index (χ1n) is 7.96. The van der Waals surface area contributed by atoms with Crippen molar-refractivity contribution in [1.29, 1.82) is 0 Å². The number of nitrogens with one attached hydrogen (secondary N) is 1. The van der Waals surface area contributed by atoms with Crippen molar-refractivity contribution in [2.45, 2.75) is 38.6 Å². The normalized spacial score (nSPS) is 23.1. The third kappa shape index (κ3) is 2.89. The van der Waals surface area contributed by atoms with Crippen LogP contribution in [0.5, 0.6) is 0 Å². The highest BCUT2D eigenvalue weighted by molar-refractivity contribution is 5.28. The van der Waals surface area contributed by atoms with Crippen LogP contribution in [0.15, 0.2) is 18.2 Å². The lowest BCUT2D eigenvalue weighted by Crippen LogP contribution is -2.46. The zero-order valence-corrected chi connectivity index (χ0v) is 12.4. The van der Waals surface area contributed by atoms with Crippen LogP contribution in [0, 0.1) is 18.7 Å². The van der Waals surface area contributed by atoms with E-state index in [1.54, 1.807) is 6.07 Å². The van der Waals surface area contributed by atoms with Crippen LogP contribution in [-0.2, 0) is 0 Å². The molecule has 0 spiro atoms. The monoisotopic (exact) mass is 276 g/mol. The van der Waals surface area contributed by atoms with E-state index in [1.165, 1.54) is 31.2 Å². The number of hydrogen-bond donors (Lipinski definition) is 1. The van der Waals surface area contributed by atoms with E-state index in [1.807, 2.05) is 6.07 Å². The van der Waals surface area contributed by atoms with Gasteiger partial charge in [0.1, 0.15) is 5.82 Å². The minimum Gasteiger partial charge on any atom is -0.314 e. The lowest BCUT2D eigenvalue weighted by Gasteiger charge is -2.39.